The summed E-state index contributed by atoms with van der Waals surface area (Å²) in [4.78, 5) is 21.2. The Hall–Kier alpha value is -2.89. The molecular weight excluding hydrogens is 284 g/mol. The topological polar surface area (TPSA) is 70.5 Å². The van der Waals surface area contributed by atoms with Gasteiger partial charge in [-0.2, -0.15) is 0 Å². The zero-order valence-electron chi connectivity index (χ0n) is 12.4. The summed E-state index contributed by atoms with van der Waals surface area (Å²) in [7, 11) is 4.39. The molecule has 0 spiro atoms. The van der Waals surface area contributed by atoms with Crippen molar-refractivity contribution in [1.29, 1.82) is 0 Å². The maximum atomic E-state index is 12.1. The van der Waals surface area contributed by atoms with Crippen LogP contribution in [0.4, 0.5) is 0 Å². The van der Waals surface area contributed by atoms with Crippen LogP contribution >= 0.6 is 0 Å². The van der Waals surface area contributed by atoms with Crippen LogP contribution in [-0.2, 0) is 4.74 Å². The predicted octanol–water partition coefficient (Wildman–Crippen LogP) is 2.59. The summed E-state index contributed by atoms with van der Waals surface area (Å²) < 4.78 is 15.4. The van der Waals surface area contributed by atoms with Crippen molar-refractivity contribution < 1.29 is 19.0 Å². The van der Waals surface area contributed by atoms with Gasteiger partial charge in [0.2, 0.25) is 0 Å². The van der Waals surface area contributed by atoms with Gasteiger partial charge in [0.1, 0.15) is 28.1 Å². The Morgan fingerprint density at radius 2 is 1.55 bits per heavy atom. The van der Waals surface area contributed by atoms with Crippen LogP contribution in [0.5, 0.6) is 11.5 Å². The van der Waals surface area contributed by atoms with Gasteiger partial charge in [-0.15, -0.1) is 0 Å². The lowest BCUT2D eigenvalue weighted by Crippen LogP contribution is -2.07. The number of fused-ring (bicyclic) bond motifs is 2. The highest BCUT2D eigenvalue weighted by molar-refractivity contribution is 6.06. The molecule has 1 aromatic heterocycles. The first-order chi connectivity index (χ1) is 10.7. The van der Waals surface area contributed by atoms with Crippen LogP contribution in [0.15, 0.2) is 30.3 Å². The highest BCUT2D eigenvalue weighted by Gasteiger charge is 2.20. The Balaban J connectivity index is 2.42. The molecule has 112 valence electrons. The molecule has 0 aliphatic carbocycles. The molecule has 0 unspecified atom stereocenters. The standard InChI is InChI=1S/C16H14N2O4/c1-20-11-8-7-10-15(13(11)16(19)22-3)18-9-5-4-6-12(21-2)14(9)17-10/h4-8H,1-3H3. The number of rotatable bonds is 3. The van der Waals surface area contributed by atoms with E-state index in [0.717, 1.165) is 0 Å². The Kier molecular flexibility index (Phi) is 3.50. The van der Waals surface area contributed by atoms with Gasteiger partial charge in [-0.3, -0.25) is 0 Å². The van der Waals surface area contributed by atoms with Crippen molar-refractivity contribution >= 4 is 28.0 Å². The van der Waals surface area contributed by atoms with Crippen LogP contribution in [-0.4, -0.2) is 37.3 Å². The summed E-state index contributed by atoms with van der Waals surface area (Å²) in [6, 6.07) is 8.86. The highest BCUT2D eigenvalue weighted by atomic mass is 16.5. The minimum Gasteiger partial charge on any atom is -0.496 e. The fourth-order valence-corrected chi connectivity index (χ4v) is 2.35. The number of methoxy groups -OCH3 is 3. The number of aromatic nitrogens is 2. The monoisotopic (exact) mass is 298 g/mol. The van der Waals surface area contributed by atoms with Gasteiger partial charge in [-0.25, -0.2) is 14.8 Å². The van der Waals surface area contributed by atoms with Crippen LogP contribution in [0.25, 0.3) is 22.1 Å². The van der Waals surface area contributed by atoms with E-state index >= 15 is 0 Å². The fourth-order valence-electron chi connectivity index (χ4n) is 2.35. The predicted molar refractivity (Wildman–Crippen MR) is 81.5 cm³/mol. The minimum atomic E-state index is -0.515. The maximum absolute atomic E-state index is 12.1. The molecule has 0 saturated heterocycles. The van der Waals surface area contributed by atoms with Crippen LogP contribution < -0.4 is 9.47 Å². The van der Waals surface area contributed by atoms with Crippen molar-refractivity contribution in [2.45, 2.75) is 0 Å². The molecule has 0 fully saturated rings. The third-order valence-corrected chi connectivity index (χ3v) is 3.39. The number of para-hydroxylation sites is 1. The van der Waals surface area contributed by atoms with Gasteiger partial charge >= 0.3 is 5.97 Å². The maximum Gasteiger partial charge on any atom is 0.343 e. The molecule has 0 radical (unpaired) electrons. The SMILES string of the molecule is COC(=O)c1c(OC)ccc2nc3c(OC)cccc3nc12. The number of nitrogens with zero attached hydrogens (tertiary/aromatic N) is 2. The third kappa shape index (κ3) is 2.09. The second-order valence-corrected chi connectivity index (χ2v) is 4.55. The van der Waals surface area contributed by atoms with E-state index in [4.69, 9.17) is 14.2 Å². The number of hydrogen-bond donors (Lipinski definition) is 0. The molecule has 0 N–H and O–H groups in total. The number of carbonyl (C=O) groups is 1. The number of hydrogen-bond acceptors (Lipinski definition) is 6. The van der Waals surface area contributed by atoms with Crippen molar-refractivity contribution in [1.82, 2.24) is 9.97 Å². The second-order valence-electron chi connectivity index (χ2n) is 4.55. The van der Waals surface area contributed by atoms with Gasteiger partial charge in [0.05, 0.1) is 32.4 Å². The summed E-state index contributed by atoms with van der Waals surface area (Å²) in [5, 5.41) is 0. The van der Waals surface area contributed by atoms with Crippen LogP contribution in [0.3, 0.4) is 0 Å². The molecule has 0 atom stereocenters. The van der Waals surface area contributed by atoms with Crippen LogP contribution in [0.2, 0.25) is 0 Å². The minimum absolute atomic E-state index is 0.264. The molecule has 0 aliphatic heterocycles. The van der Waals surface area contributed by atoms with E-state index in [1.165, 1.54) is 14.2 Å². The van der Waals surface area contributed by atoms with E-state index in [2.05, 4.69) is 9.97 Å². The van der Waals surface area contributed by atoms with Crippen molar-refractivity contribution in [3.05, 3.63) is 35.9 Å². The smallest absolute Gasteiger partial charge is 0.343 e. The molecular formula is C16H14N2O4. The first kappa shape index (κ1) is 14.1. The average Bonchev–Trinajstić information content (AvgIpc) is 2.57. The normalized spacial score (nSPS) is 10.7. The van der Waals surface area contributed by atoms with E-state index in [0.29, 0.717) is 33.6 Å². The molecule has 0 saturated carbocycles. The Morgan fingerprint density at radius 1 is 0.864 bits per heavy atom. The molecule has 6 nitrogen and oxygen atoms in total. The fraction of sp³-hybridized carbons (Fsp3) is 0.188. The molecule has 6 heteroatoms. The molecule has 3 rings (SSSR count). The molecule has 2 aromatic carbocycles. The molecule has 0 amide bonds. The summed E-state index contributed by atoms with van der Waals surface area (Å²) in [5.41, 5.74) is 2.54. The summed E-state index contributed by atoms with van der Waals surface area (Å²) in [5.74, 6) is 0.511. The van der Waals surface area contributed by atoms with Crippen molar-refractivity contribution in [3.8, 4) is 11.5 Å². The third-order valence-electron chi connectivity index (χ3n) is 3.39. The zero-order chi connectivity index (χ0) is 15.7. The molecule has 3 aromatic rings. The number of esters is 1. The number of ether oxygens (including phenoxy) is 3. The van der Waals surface area contributed by atoms with Crippen molar-refractivity contribution in [2.75, 3.05) is 21.3 Å². The Labute approximate surface area is 126 Å². The molecule has 22 heavy (non-hydrogen) atoms. The zero-order valence-corrected chi connectivity index (χ0v) is 12.4. The van der Waals surface area contributed by atoms with E-state index in [1.807, 2.05) is 18.2 Å². The largest absolute Gasteiger partial charge is 0.496 e. The quantitative estimate of drug-likeness (QED) is 0.547. The van der Waals surface area contributed by atoms with Crippen LogP contribution in [0.1, 0.15) is 10.4 Å². The molecule has 1 heterocycles. The van der Waals surface area contributed by atoms with E-state index in [1.54, 1.807) is 19.2 Å². The molecule has 0 bridgehead atoms. The van der Waals surface area contributed by atoms with Gasteiger partial charge in [-0.1, -0.05) is 6.07 Å². The first-order valence-electron chi connectivity index (χ1n) is 6.59. The van der Waals surface area contributed by atoms with Gasteiger partial charge in [0.25, 0.3) is 0 Å². The Morgan fingerprint density at radius 3 is 2.23 bits per heavy atom. The highest BCUT2D eigenvalue weighted by Crippen LogP contribution is 2.30. The van der Waals surface area contributed by atoms with E-state index < -0.39 is 5.97 Å². The lowest BCUT2D eigenvalue weighted by Gasteiger charge is -2.11. The average molecular weight is 298 g/mol. The Bertz CT molecular complexity index is 877. The number of carbonyl (C=O) groups excluding carboxylic acids is 1. The van der Waals surface area contributed by atoms with Crippen molar-refractivity contribution in [2.24, 2.45) is 0 Å². The summed E-state index contributed by atoms with van der Waals surface area (Å²) >= 11 is 0. The van der Waals surface area contributed by atoms with Gasteiger partial charge in [0, 0.05) is 0 Å². The molecule has 0 aliphatic rings. The van der Waals surface area contributed by atoms with Gasteiger partial charge in [-0.05, 0) is 24.3 Å². The van der Waals surface area contributed by atoms with Gasteiger partial charge in [0.15, 0.2) is 0 Å². The summed E-state index contributed by atoms with van der Waals surface area (Å²) in [6.45, 7) is 0. The van der Waals surface area contributed by atoms with E-state index in [9.17, 15) is 4.79 Å². The van der Waals surface area contributed by atoms with Crippen LogP contribution in [0, 0.1) is 0 Å². The van der Waals surface area contributed by atoms with Gasteiger partial charge < -0.3 is 14.2 Å². The van der Waals surface area contributed by atoms with E-state index in [-0.39, 0.29) is 5.56 Å². The lowest BCUT2D eigenvalue weighted by atomic mass is 10.1. The summed E-state index contributed by atoms with van der Waals surface area (Å²) in [6.07, 6.45) is 0. The lowest BCUT2D eigenvalue weighted by molar-refractivity contribution is 0.0599. The first-order valence-corrected chi connectivity index (χ1v) is 6.59. The number of benzene rings is 2. The second kappa shape index (κ2) is 5.48. The van der Waals surface area contributed by atoms with Crippen molar-refractivity contribution in [3.63, 3.8) is 0 Å².